The van der Waals surface area contributed by atoms with Crippen LogP contribution in [0.4, 0.5) is 15.8 Å². The second-order valence-corrected chi connectivity index (χ2v) is 7.95. The molecule has 0 unspecified atom stereocenters. The van der Waals surface area contributed by atoms with Crippen LogP contribution in [0, 0.1) is 11.7 Å². The lowest BCUT2D eigenvalue weighted by Gasteiger charge is -2.21. The molecule has 1 atom stereocenters. The van der Waals surface area contributed by atoms with E-state index in [-0.39, 0.29) is 11.4 Å². The van der Waals surface area contributed by atoms with Gasteiger partial charge in [-0.1, -0.05) is 12.2 Å². The predicted molar refractivity (Wildman–Crippen MR) is 87.1 cm³/mol. The van der Waals surface area contributed by atoms with Crippen LogP contribution in [0.2, 0.25) is 0 Å². The van der Waals surface area contributed by atoms with E-state index in [1.165, 1.54) is 10.4 Å². The Hall–Kier alpha value is -1.56. The molecule has 1 saturated heterocycles. The van der Waals surface area contributed by atoms with Gasteiger partial charge in [0.25, 0.3) is 0 Å². The number of allylic oxidation sites excluding steroid dienone is 2. The third-order valence-corrected chi connectivity index (χ3v) is 6.14. The molecule has 1 fully saturated rings. The Kier molecular flexibility index (Phi) is 4.38. The molecular formula is C16H21FN2O2S. The van der Waals surface area contributed by atoms with Crippen molar-refractivity contribution in [3.05, 3.63) is 36.2 Å². The molecule has 0 saturated carbocycles. The van der Waals surface area contributed by atoms with Gasteiger partial charge in [-0.15, -0.1) is 0 Å². The average Bonchev–Trinajstić information content (AvgIpc) is 2.87. The third kappa shape index (κ3) is 3.27. The summed E-state index contributed by atoms with van der Waals surface area (Å²) in [7, 11) is -3.36. The number of rotatable bonds is 4. The Balaban J connectivity index is 1.74. The SMILES string of the molecule is O=S1(=O)CCCN1c1cc(NC[C@@H]2CC=CCC2)ccc1F. The Morgan fingerprint density at radius 2 is 2.18 bits per heavy atom. The first-order chi connectivity index (χ1) is 10.6. The van der Waals surface area contributed by atoms with Crippen LogP contribution in [0.1, 0.15) is 25.7 Å². The molecule has 120 valence electrons. The average molecular weight is 324 g/mol. The van der Waals surface area contributed by atoms with Crippen molar-refractivity contribution < 1.29 is 12.8 Å². The lowest BCUT2D eigenvalue weighted by atomic mass is 9.94. The Labute approximate surface area is 131 Å². The summed E-state index contributed by atoms with van der Waals surface area (Å²) in [6, 6.07) is 4.61. The van der Waals surface area contributed by atoms with Crippen LogP contribution in [0.5, 0.6) is 0 Å². The highest BCUT2D eigenvalue weighted by molar-refractivity contribution is 7.93. The minimum absolute atomic E-state index is 0.0957. The molecule has 6 heteroatoms. The zero-order valence-corrected chi connectivity index (χ0v) is 13.3. The zero-order chi connectivity index (χ0) is 15.6. The van der Waals surface area contributed by atoms with Gasteiger partial charge in [-0.2, -0.15) is 0 Å². The summed E-state index contributed by atoms with van der Waals surface area (Å²) >= 11 is 0. The number of halogens is 1. The fourth-order valence-electron chi connectivity index (χ4n) is 3.03. The quantitative estimate of drug-likeness (QED) is 0.866. The van der Waals surface area contributed by atoms with E-state index < -0.39 is 15.8 Å². The molecule has 0 spiro atoms. The molecule has 1 aromatic carbocycles. The van der Waals surface area contributed by atoms with Crippen molar-refractivity contribution in [2.45, 2.75) is 25.7 Å². The normalized spacial score (nSPS) is 23.7. The van der Waals surface area contributed by atoms with Gasteiger partial charge >= 0.3 is 0 Å². The van der Waals surface area contributed by atoms with E-state index in [1.54, 1.807) is 12.1 Å². The predicted octanol–water partition coefficient (Wildman–Crippen LogP) is 3.13. The van der Waals surface area contributed by atoms with Gasteiger partial charge in [-0.25, -0.2) is 12.8 Å². The molecule has 1 heterocycles. The van der Waals surface area contributed by atoms with Gasteiger partial charge in [0.2, 0.25) is 10.0 Å². The molecule has 22 heavy (non-hydrogen) atoms. The first-order valence-electron chi connectivity index (χ1n) is 7.75. The molecule has 0 aromatic heterocycles. The summed E-state index contributed by atoms with van der Waals surface area (Å²) in [5.41, 5.74) is 0.930. The van der Waals surface area contributed by atoms with Crippen molar-refractivity contribution in [1.82, 2.24) is 0 Å². The number of hydrogen-bond donors (Lipinski definition) is 1. The largest absolute Gasteiger partial charge is 0.385 e. The van der Waals surface area contributed by atoms with E-state index in [1.807, 2.05) is 0 Å². The van der Waals surface area contributed by atoms with Crippen molar-refractivity contribution >= 4 is 21.4 Å². The highest BCUT2D eigenvalue weighted by Crippen LogP contribution is 2.29. The summed E-state index contributed by atoms with van der Waals surface area (Å²) in [6.45, 7) is 1.18. The third-order valence-electron chi connectivity index (χ3n) is 4.29. The van der Waals surface area contributed by atoms with Gasteiger partial charge in [0, 0.05) is 18.8 Å². The van der Waals surface area contributed by atoms with E-state index in [0.717, 1.165) is 31.5 Å². The molecule has 2 aliphatic rings. The fourth-order valence-corrected chi connectivity index (χ4v) is 4.59. The van der Waals surface area contributed by atoms with Crippen molar-refractivity contribution in [1.29, 1.82) is 0 Å². The lowest BCUT2D eigenvalue weighted by molar-refractivity contribution is 0.504. The molecule has 0 bridgehead atoms. The van der Waals surface area contributed by atoms with E-state index >= 15 is 0 Å². The van der Waals surface area contributed by atoms with Gasteiger partial charge in [0.05, 0.1) is 11.4 Å². The van der Waals surface area contributed by atoms with Crippen LogP contribution < -0.4 is 9.62 Å². The van der Waals surface area contributed by atoms with Crippen LogP contribution in [0.15, 0.2) is 30.4 Å². The molecule has 1 N–H and O–H groups in total. The van der Waals surface area contributed by atoms with E-state index in [2.05, 4.69) is 17.5 Å². The molecule has 0 amide bonds. The minimum atomic E-state index is -3.36. The first kappa shape index (κ1) is 15.3. The maximum Gasteiger partial charge on any atom is 0.235 e. The Morgan fingerprint density at radius 1 is 1.32 bits per heavy atom. The number of nitrogens with zero attached hydrogens (tertiary/aromatic N) is 1. The Bertz CT molecular complexity index is 673. The monoisotopic (exact) mass is 324 g/mol. The first-order valence-corrected chi connectivity index (χ1v) is 9.36. The molecule has 1 aliphatic carbocycles. The van der Waals surface area contributed by atoms with Gasteiger partial charge < -0.3 is 5.32 Å². The molecule has 3 rings (SSSR count). The summed E-state index contributed by atoms with van der Waals surface area (Å²) in [4.78, 5) is 0. The fraction of sp³-hybridized carbons (Fsp3) is 0.500. The second-order valence-electron chi connectivity index (χ2n) is 5.94. The summed E-state index contributed by atoms with van der Waals surface area (Å²) in [6.07, 6.45) is 8.26. The van der Waals surface area contributed by atoms with Crippen molar-refractivity contribution in [2.75, 3.05) is 28.5 Å². The van der Waals surface area contributed by atoms with Crippen molar-refractivity contribution in [3.8, 4) is 0 Å². The number of benzene rings is 1. The van der Waals surface area contributed by atoms with E-state index in [9.17, 15) is 12.8 Å². The van der Waals surface area contributed by atoms with Gasteiger partial charge in [0.15, 0.2) is 0 Å². The minimum Gasteiger partial charge on any atom is -0.385 e. The standard InChI is InChI=1S/C16H21FN2O2S/c17-15-8-7-14(18-12-13-5-2-1-3-6-13)11-16(15)19-9-4-10-22(19,20)21/h1-2,7-8,11,13,18H,3-6,9-10,12H2/t13-/m1/s1. The molecule has 4 nitrogen and oxygen atoms in total. The maximum atomic E-state index is 14.0. The van der Waals surface area contributed by atoms with Crippen molar-refractivity contribution in [2.24, 2.45) is 5.92 Å². The van der Waals surface area contributed by atoms with Crippen LogP contribution in [-0.2, 0) is 10.0 Å². The summed E-state index contributed by atoms with van der Waals surface area (Å²) in [5, 5.41) is 3.31. The number of sulfonamides is 1. The number of hydrogen-bond acceptors (Lipinski definition) is 3. The molecule has 0 radical (unpaired) electrons. The van der Waals surface area contributed by atoms with Crippen LogP contribution in [0.25, 0.3) is 0 Å². The van der Waals surface area contributed by atoms with Crippen LogP contribution in [0.3, 0.4) is 0 Å². The van der Waals surface area contributed by atoms with Crippen LogP contribution >= 0.6 is 0 Å². The van der Waals surface area contributed by atoms with Gasteiger partial charge in [0.1, 0.15) is 5.82 Å². The van der Waals surface area contributed by atoms with Gasteiger partial charge in [-0.05, 0) is 49.8 Å². The molecular weight excluding hydrogens is 303 g/mol. The lowest BCUT2D eigenvalue weighted by Crippen LogP contribution is -2.26. The molecule has 1 aromatic rings. The highest BCUT2D eigenvalue weighted by atomic mass is 32.2. The topological polar surface area (TPSA) is 49.4 Å². The van der Waals surface area contributed by atoms with E-state index in [0.29, 0.717) is 18.9 Å². The summed E-state index contributed by atoms with van der Waals surface area (Å²) < 4.78 is 39.1. The zero-order valence-electron chi connectivity index (χ0n) is 12.5. The number of anilines is 2. The van der Waals surface area contributed by atoms with E-state index in [4.69, 9.17) is 0 Å². The smallest absolute Gasteiger partial charge is 0.235 e. The highest BCUT2D eigenvalue weighted by Gasteiger charge is 2.30. The van der Waals surface area contributed by atoms with Crippen LogP contribution in [-0.4, -0.2) is 27.3 Å². The maximum absolute atomic E-state index is 14.0. The second kappa shape index (κ2) is 6.28. The Morgan fingerprint density at radius 3 is 2.86 bits per heavy atom. The molecule has 1 aliphatic heterocycles. The van der Waals surface area contributed by atoms with Crippen molar-refractivity contribution in [3.63, 3.8) is 0 Å². The summed E-state index contributed by atoms with van der Waals surface area (Å²) in [5.74, 6) is 0.184. The number of nitrogens with one attached hydrogen (secondary N) is 1. The van der Waals surface area contributed by atoms with Gasteiger partial charge in [-0.3, -0.25) is 4.31 Å².